The van der Waals surface area contributed by atoms with Gasteiger partial charge >= 0.3 is 0 Å². The van der Waals surface area contributed by atoms with Gasteiger partial charge in [0.1, 0.15) is 0 Å². The quantitative estimate of drug-likeness (QED) is 0.640. The van der Waals surface area contributed by atoms with Crippen LogP contribution in [-0.2, 0) is 12.0 Å². The lowest BCUT2D eigenvalue weighted by atomic mass is 9.84. The van der Waals surface area contributed by atoms with E-state index in [9.17, 15) is 14.9 Å². The number of nitrogens with zero attached hydrogens (tertiary/aromatic N) is 2. The van der Waals surface area contributed by atoms with Gasteiger partial charge in [-0.3, -0.25) is 14.9 Å². The van der Waals surface area contributed by atoms with Crippen molar-refractivity contribution in [2.45, 2.75) is 46.6 Å². The zero-order valence-corrected chi connectivity index (χ0v) is 14.2. The maximum atomic E-state index is 12.0. The van der Waals surface area contributed by atoms with Crippen molar-refractivity contribution in [2.24, 2.45) is 0 Å². The zero-order chi connectivity index (χ0) is 17.4. The van der Waals surface area contributed by atoms with E-state index in [1.807, 2.05) is 13.8 Å². The molecule has 5 nitrogen and oxygen atoms in total. The Hall–Kier alpha value is -2.43. The smallest absolute Gasteiger partial charge is 0.285 e. The first kappa shape index (κ1) is 16.9. The van der Waals surface area contributed by atoms with Gasteiger partial charge in [-0.25, -0.2) is 0 Å². The third-order valence-electron chi connectivity index (χ3n) is 4.07. The molecule has 0 bridgehead atoms. The summed E-state index contributed by atoms with van der Waals surface area (Å²) < 4.78 is 1.39. The fraction of sp³-hybridized carbons (Fsp3) is 0.389. The number of nitro groups is 1. The van der Waals surface area contributed by atoms with Gasteiger partial charge in [0.2, 0.25) is 0 Å². The van der Waals surface area contributed by atoms with E-state index in [0.29, 0.717) is 6.54 Å². The lowest BCUT2D eigenvalue weighted by Gasteiger charge is -2.22. The molecule has 0 aliphatic carbocycles. The largest absolute Gasteiger partial charge is 0.304 e. The van der Waals surface area contributed by atoms with E-state index in [-0.39, 0.29) is 16.7 Å². The molecule has 1 aromatic carbocycles. The number of aromatic nitrogens is 1. The fourth-order valence-electron chi connectivity index (χ4n) is 2.60. The Morgan fingerprint density at radius 2 is 1.70 bits per heavy atom. The number of aryl methyl sites for hydroxylation is 2. The maximum Gasteiger partial charge on any atom is 0.285 e. The molecule has 0 spiro atoms. The van der Waals surface area contributed by atoms with Crippen LogP contribution >= 0.6 is 0 Å². The van der Waals surface area contributed by atoms with Crippen molar-refractivity contribution in [3.05, 3.63) is 73.2 Å². The molecule has 1 aromatic heterocycles. The topological polar surface area (TPSA) is 65.1 Å². The highest BCUT2D eigenvalue weighted by molar-refractivity contribution is 5.41. The minimum Gasteiger partial charge on any atom is -0.304 e. The first-order valence-corrected chi connectivity index (χ1v) is 7.55. The summed E-state index contributed by atoms with van der Waals surface area (Å²) >= 11 is 0. The molecule has 0 N–H and O–H groups in total. The second-order valence-corrected chi connectivity index (χ2v) is 6.95. The van der Waals surface area contributed by atoms with E-state index in [1.54, 1.807) is 0 Å². The first-order chi connectivity index (χ1) is 10.6. The lowest BCUT2D eigenvalue weighted by molar-refractivity contribution is -0.385. The van der Waals surface area contributed by atoms with Crippen LogP contribution < -0.4 is 5.56 Å². The Labute approximate surface area is 135 Å². The molecule has 0 aliphatic rings. The van der Waals surface area contributed by atoms with Crippen LogP contribution in [0, 0.1) is 24.0 Å². The Bertz CT molecular complexity index is 791. The van der Waals surface area contributed by atoms with E-state index in [2.05, 4.69) is 32.9 Å². The molecular weight excluding hydrogens is 292 g/mol. The SMILES string of the molecule is Cc1cc(C(C)(C)C)cc(C)c1Cn1cc([N+](=O)[O-])ccc1=O. The second-order valence-electron chi connectivity index (χ2n) is 6.95. The highest BCUT2D eigenvalue weighted by Gasteiger charge is 2.17. The molecular formula is C18H22N2O3. The number of rotatable bonds is 3. The molecule has 1 heterocycles. The Morgan fingerprint density at radius 1 is 1.13 bits per heavy atom. The van der Waals surface area contributed by atoms with Gasteiger partial charge in [-0.1, -0.05) is 32.9 Å². The van der Waals surface area contributed by atoms with Crippen molar-refractivity contribution in [1.82, 2.24) is 4.57 Å². The summed E-state index contributed by atoms with van der Waals surface area (Å²) in [5, 5.41) is 10.9. The summed E-state index contributed by atoms with van der Waals surface area (Å²) in [6.45, 7) is 10.8. The molecule has 0 saturated heterocycles. The van der Waals surface area contributed by atoms with E-state index >= 15 is 0 Å². The van der Waals surface area contributed by atoms with Crippen LogP contribution in [0.15, 0.2) is 35.3 Å². The monoisotopic (exact) mass is 314 g/mol. The molecule has 2 rings (SSSR count). The van der Waals surface area contributed by atoms with Crippen molar-refractivity contribution >= 4 is 5.69 Å². The summed E-state index contributed by atoms with van der Waals surface area (Å²) in [6.07, 6.45) is 1.30. The van der Waals surface area contributed by atoms with Crippen LogP contribution in [0.25, 0.3) is 0 Å². The summed E-state index contributed by atoms with van der Waals surface area (Å²) in [7, 11) is 0. The molecule has 0 aliphatic heterocycles. The van der Waals surface area contributed by atoms with Gasteiger partial charge < -0.3 is 4.57 Å². The molecule has 2 aromatic rings. The highest BCUT2D eigenvalue weighted by atomic mass is 16.6. The van der Waals surface area contributed by atoms with Crippen LogP contribution in [0.2, 0.25) is 0 Å². The van der Waals surface area contributed by atoms with Crippen molar-refractivity contribution in [3.63, 3.8) is 0 Å². The summed E-state index contributed by atoms with van der Waals surface area (Å²) in [5.74, 6) is 0. The van der Waals surface area contributed by atoms with Crippen molar-refractivity contribution in [1.29, 1.82) is 0 Å². The van der Waals surface area contributed by atoms with Gasteiger partial charge in [-0.2, -0.15) is 0 Å². The van der Waals surface area contributed by atoms with Crippen LogP contribution in [0.1, 0.15) is 43.0 Å². The summed E-state index contributed by atoms with van der Waals surface area (Å²) in [6, 6.07) is 6.74. The number of benzene rings is 1. The average molecular weight is 314 g/mol. The molecule has 0 amide bonds. The van der Waals surface area contributed by atoms with E-state index < -0.39 is 4.92 Å². The maximum absolute atomic E-state index is 12.0. The molecule has 0 saturated carbocycles. The number of hydrogen-bond donors (Lipinski definition) is 0. The Balaban J connectivity index is 2.47. The van der Waals surface area contributed by atoms with Gasteiger partial charge in [0, 0.05) is 12.1 Å². The predicted molar refractivity (Wildman–Crippen MR) is 91.1 cm³/mol. The minimum absolute atomic E-state index is 0.0520. The average Bonchev–Trinajstić information content (AvgIpc) is 2.43. The van der Waals surface area contributed by atoms with Crippen molar-refractivity contribution in [3.8, 4) is 0 Å². The van der Waals surface area contributed by atoms with Gasteiger partial charge in [-0.15, -0.1) is 0 Å². The van der Waals surface area contributed by atoms with Gasteiger partial charge in [0.25, 0.3) is 11.2 Å². The van der Waals surface area contributed by atoms with E-state index in [0.717, 1.165) is 16.7 Å². The minimum atomic E-state index is -0.488. The molecule has 0 atom stereocenters. The van der Waals surface area contributed by atoms with Crippen LogP contribution in [-0.4, -0.2) is 9.49 Å². The van der Waals surface area contributed by atoms with Gasteiger partial charge in [0.15, 0.2) is 0 Å². The molecule has 122 valence electrons. The van der Waals surface area contributed by atoms with Crippen LogP contribution in [0.4, 0.5) is 5.69 Å². The van der Waals surface area contributed by atoms with Crippen LogP contribution in [0.3, 0.4) is 0 Å². The predicted octanol–water partition coefficient (Wildman–Crippen LogP) is 3.72. The second kappa shape index (κ2) is 5.99. The van der Waals surface area contributed by atoms with Crippen molar-refractivity contribution in [2.75, 3.05) is 0 Å². The molecule has 5 heteroatoms. The highest BCUT2D eigenvalue weighted by Crippen LogP contribution is 2.27. The zero-order valence-electron chi connectivity index (χ0n) is 14.2. The van der Waals surface area contributed by atoms with Crippen LogP contribution in [0.5, 0.6) is 0 Å². The van der Waals surface area contributed by atoms with E-state index in [1.165, 1.54) is 28.5 Å². The normalized spacial score (nSPS) is 11.5. The molecule has 0 radical (unpaired) electrons. The van der Waals surface area contributed by atoms with Gasteiger partial charge in [0.05, 0.1) is 17.7 Å². The standard InChI is InChI=1S/C18H22N2O3/c1-12-8-14(18(3,4)5)9-13(2)16(12)11-19-10-15(20(22)23)6-7-17(19)21/h6-10H,11H2,1-5H3. The Morgan fingerprint density at radius 3 is 2.17 bits per heavy atom. The van der Waals surface area contributed by atoms with Crippen molar-refractivity contribution < 1.29 is 4.92 Å². The van der Waals surface area contributed by atoms with Gasteiger partial charge in [-0.05, 0) is 41.5 Å². The first-order valence-electron chi connectivity index (χ1n) is 7.55. The van der Waals surface area contributed by atoms with E-state index in [4.69, 9.17) is 0 Å². The summed E-state index contributed by atoms with van der Waals surface area (Å²) in [4.78, 5) is 22.4. The lowest BCUT2D eigenvalue weighted by Crippen LogP contribution is -2.21. The number of hydrogen-bond acceptors (Lipinski definition) is 3. The molecule has 23 heavy (non-hydrogen) atoms. The summed E-state index contributed by atoms with van der Waals surface area (Å²) in [5.41, 5.74) is 4.18. The number of pyridine rings is 1. The third-order valence-corrected chi connectivity index (χ3v) is 4.07. The molecule has 0 unspecified atom stereocenters. The molecule has 0 fully saturated rings. The third kappa shape index (κ3) is 3.67. The fourth-order valence-corrected chi connectivity index (χ4v) is 2.60. The Kier molecular flexibility index (Phi) is 4.41.